The van der Waals surface area contributed by atoms with Gasteiger partial charge in [0.1, 0.15) is 0 Å². The molecule has 66 valence electrons. The average molecular weight is 168 g/mol. The second kappa shape index (κ2) is 4.69. The first kappa shape index (κ1) is 8.96. The molecule has 1 heterocycles. The molecule has 1 rings (SSSR count). The lowest BCUT2D eigenvalue weighted by Gasteiger charge is -2.13. The Morgan fingerprint density at radius 3 is 2.67 bits per heavy atom. The van der Waals surface area contributed by atoms with Crippen LogP contribution in [0.4, 0.5) is 5.69 Å². The molecule has 0 aromatic carbocycles. The second-order valence-electron chi connectivity index (χ2n) is 2.45. The summed E-state index contributed by atoms with van der Waals surface area (Å²) in [5, 5.41) is 20.4. The Morgan fingerprint density at radius 2 is 2.17 bits per heavy atom. The molecule has 1 aromatic heterocycles. The van der Waals surface area contributed by atoms with Crippen LogP contribution in [0.15, 0.2) is 24.5 Å². The van der Waals surface area contributed by atoms with E-state index in [1.165, 1.54) is 0 Å². The van der Waals surface area contributed by atoms with Crippen molar-refractivity contribution in [2.24, 2.45) is 0 Å². The first-order valence-corrected chi connectivity index (χ1v) is 3.75. The summed E-state index contributed by atoms with van der Waals surface area (Å²) < 4.78 is 0. The van der Waals surface area contributed by atoms with Crippen LogP contribution in [0.3, 0.4) is 0 Å². The Bertz CT molecular complexity index is 212. The van der Waals surface area contributed by atoms with Gasteiger partial charge in [-0.25, -0.2) is 0 Å². The SMILES string of the molecule is OCC(CO)Nc1cccnc1. The summed E-state index contributed by atoms with van der Waals surface area (Å²) in [6.07, 6.45) is 3.30. The molecule has 0 spiro atoms. The highest BCUT2D eigenvalue weighted by Crippen LogP contribution is 2.04. The van der Waals surface area contributed by atoms with E-state index in [0.717, 1.165) is 5.69 Å². The molecule has 0 bridgehead atoms. The van der Waals surface area contributed by atoms with E-state index >= 15 is 0 Å². The summed E-state index contributed by atoms with van der Waals surface area (Å²) in [6, 6.07) is 3.30. The van der Waals surface area contributed by atoms with Gasteiger partial charge in [-0.2, -0.15) is 0 Å². The van der Waals surface area contributed by atoms with Gasteiger partial charge in [0, 0.05) is 12.4 Å². The number of hydrogen-bond donors (Lipinski definition) is 3. The third-order valence-electron chi connectivity index (χ3n) is 1.47. The number of nitrogens with one attached hydrogen (secondary N) is 1. The minimum Gasteiger partial charge on any atom is -0.394 e. The van der Waals surface area contributed by atoms with Gasteiger partial charge in [0.05, 0.1) is 24.9 Å². The van der Waals surface area contributed by atoms with Crippen LogP contribution in [-0.4, -0.2) is 34.5 Å². The standard InChI is InChI=1S/C8H12N2O2/c11-5-8(6-12)10-7-2-1-3-9-4-7/h1-4,8,10-12H,5-6H2. The zero-order chi connectivity index (χ0) is 8.81. The van der Waals surface area contributed by atoms with Gasteiger partial charge in [-0.05, 0) is 12.1 Å². The van der Waals surface area contributed by atoms with Gasteiger partial charge in [-0.15, -0.1) is 0 Å². The molecule has 0 saturated carbocycles. The van der Waals surface area contributed by atoms with E-state index in [-0.39, 0.29) is 19.3 Å². The molecule has 0 saturated heterocycles. The molecule has 4 nitrogen and oxygen atoms in total. The van der Waals surface area contributed by atoms with E-state index in [1.807, 2.05) is 6.07 Å². The Hall–Kier alpha value is -1.13. The minimum atomic E-state index is -0.311. The van der Waals surface area contributed by atoms with Gasteiger partial charge in [0.2, 0.25) is 0 Å². The number of pyridine rings is 1. The molecule has 3 N–H and O–H groups in total. The van der Waals surface area contributed by atoms with E-state index in [9.17, 15) is 0 Å². The lowest BCUT2D eigenvalue weighted by Crippen LogP contribution is -2.27. The number of aliphatic hydroxyl groups is 2. The Kier molecular flexibility index (Phi) is 3.50. The molecule has 0 atom stereocenters. The van der Waals surface area contributed by atoms with Crippen molar-refractivity contribution in [3.05, 3.63) is 24.5 Å². The normalized spacial score (nSPS) is 10.2. The first-order valence-electron chi connectivity index (χ1n) is 3.75. The zero-order valence-electron chi connectivity index (χ0n) is 6.64. The van der Waals surface area contributed by atoms with Crippen LogP contribution >= 0.6 is 0 Å². The number of hydrogen-bond acceptors (Lipinski definition) is 4. The summed E-state index contributed by atoms with van der Waals surface area (Å²) >= 11 is 0. The molecular formula is C8H12N2O2. The largest absolute Gasteiger partial charge is 0.394 e. The first-order chi connectivity index (χ1) is 5.86. The smallest absolute Gasteiger partial charge is 0.0723 e. The summed E-state index contributed by atoms with van der Waals surface area (Å²) in [7, 11) is 0. The van der Waals surface area contributed by atoms with Crippen molar-refractivity contribution in [1.29, 1.82) is 0 Å². The minimum absolute atomic E-state index is 0.0919. The number of anilines is 1. The lowest BCUT2D eigenvalue weighted by atomic mass is 10.3. The van der Waals surface area contributed by atoms with Crippen molar-refractivity contribution in [2.75, 3.05) is 18.5 Å². The Morgan fingerprint density at radius 1 is 1.42 bits per heavy atom. The molecule has 0 amide bonds. The molecule has 0 aliphatic carbocycles. The van der Waals surface area contributed by atoms with Gasteiger partial charge in [-0.1, -0.05) is 0 Å². The molecule has 0 unspecified atom stereocenters. The molecule has 0 aliphatic rings. The molecule has 4 heteroatoms. The highest BCUT2D eigenvalue weighted by molar-refractivity contribution is 5.40. The van der Waals surface area contributed by atoms with Gasteiger partial charge in [0.15, 0.2) is 0 Å². The Balaban J connectivity index is 2.51. The predicted octanol–water partition coefficient (Wildman–Crippen LogP) is -0.153. The van der Waals surface area contributed by atoms with E-state index in [1.54, 1.807) is 18.5 Å². The number of rotatable bonds is 4. The van der Waals surface area contributed by atoms with E-state index in [4.69, 9.17) is 10.2 Å². The number of aliphatic hydroxyl groups excluding tert-OH is 2. The van der Waals surface area contributed by atoms with Crippen LogP contribution < -0.4 is 5.32 Å². The van der Waals surface area contributed by atoms with Gasteiger partial charge >= 0.3 is 0 Å². The monoisotopic (exact) mass is 168 g/mol. The van der Waals surface area contributed by atoms with Crippen LogP contribution in [-0.2, 0) is 0 Å². The third-order valence-corrected chi connectivity index (χ3v) is 1.47. The van der Waals surface area contributed by atoms with Crippen LogP contribution in [0.1, 0.15) is 0 Å². The summed E-state index contributed by atoms with van der Waals surface area (Å²) in [6.45, 7) is -0.184. The van der Waals surface area contributed by atoms with Crippen molar-refractivity contribution < 1.29 is 10.2 Å². The Labute approximate surface area is 70.9 Å². The highest BCUT2D eigenvalue weighted by atomic mass is 16.3. The van der Waals surface area contributed by atoms with Crippen molar-refractivity contribution >= 4 is 5.69 Å². The van der Waals surface area contributed by atoms with Crippen LogP contribution in [0.25, 0.3) is 0 Å². The van der Waals surface area contributed by atoms with Crippen LogP contribution in [0.5, 0.6) is 0 Å². The number of nitrogens with zero attached hydrogens (tertiary/aromatic N) is 1. The third kappa shape index (κ3) is 2.48. The van der Waals surface area contributed by atoms with Crippen molar-refractivity contribution in [3.8, 4) is 0 Å². The van der Waals surface area contributed by atoms with E-state index in [2.05, 4.69) is 10.3 Å². The molecule has 0 fully saturated rings. The van der Waals surface area contributed by atoms with Gasteiger partial charge < -0.3 is 15.5 Å². The second-order valence-corrected chi connectivity index (χ2v) is 2.45. The predicted molar refractivity (Wildman–Crippen MR) is 45.8 cm³/mol. The van der Waals surface area contributed by atoms with Crippen molar-refractivity contribution in [3.63, 3.8) is 0 Å². The molecular weight excluding hydrogens is 156 g/mol. The molecule has 0 aliphatic heterocycles. The fraction of sp³-hybridized carbons (Fsp3) is 0.375. The zero-order valence-corrected chi connectivity index (χ0v) is 6.64. The maximum Gasteiger partial charge on any atom is 0.0723 e. The van der Waals surface area contributed by atoms with Crippen LogP contribution in [0.2, 0.25) is 0 Å². The maximum absolute atomic E-state index is 8.74. The van der Waals surface area contributed by atoms with Gasteiger partial charge in [0.25, 0.3) is 0 Å². The van der Waals surface area contributed by atoms with Crippen LogP contribution in [0, 0.1) is 0 Å². The molecule has 0 radical (unpaired) electrons. The summed E-state index contributed by atoms with van der Waals surface area (Å²) in [5.41, 5.74) is 0.797. The highest BCUT2D eigenvalue weighted by Gasteiger charge is 2.03. The lowest BCUT2D eigenvalue weighted by molar-refractivity contribution is 0.204. The average Bonchev–Trinajstić information content (AvgIpc) is 2.16. The summed E-state index contributed by atoms with van der Waals surface area (Å²) in [4.78, 5) is 3.88. The maximum atomic E-state index is 8.74. The van der Waals surface area contributed by atoms with Crippen molar-refractivity contribution in [2.45, 2.75) is 6.04 Å². The van der Waals surface area contributed by atoms with E-state index in [0.29, 0.717) is 0 Å². The van der Waals surface area contributed by atoms with Gasteiger partial charge in [-0.3, -0.25) is 4.98 Å². The quantitative estimate of drug-likeness (QED) is 0.585. The molecule has 12 heavy (non-hydrogen) atoms. The van der Waals surface area contributed by atoms with E-state index < -0.39 is 0 Å². The number of aromatic nitrogens is 1. The topological polar surface area (TPSA) is 65.4 Å². The fourth-order valence-electron chi connectivity index (χ4n) is 0.833. The summed E-state index contributed by atoms with van der Waals surface area (Å²) in [5.74, 6) is 0. The molecule has 1 aromatic rings. The van der Waals surface area contributed by atoms with Crippen molar-refractivity contribution in [1.82, 2.24) is 4.98 Å². The fourth-order valence-corrected chi connectivity index (χ4v) is 0.833.